The van der Waals surface area contributed by atoms with Gasteiger partial charge in [0, 0.05) is 103 Å². The summed E-state index contributed by atoms with van der Waals surface area (Å²) in [7, 11) is 0. The average Bonchev–Trinajstić information content (AvgIpc) is 1.56. The summed E-state index contributed by atoms with van der Waals surface area (Å²) < 4.78 is 54.7. The highest BCUT2D eigenvalue weighted by Crippen LogP contribution is 2.56. The van der Waals surface area contributed by atoms with Crippen LogP contribution < -0.4 is 42.1 Å². The van der Waals surface area contributed by atoms with Crippen molar-refractivity contribution in [2.75, 3.05) is 143 Å². The largest absolute Gasteiger partial charge is 0.391 e. The molecule has 0 aromatic heterocycles. The van der Waals surface area contributed by atoms with Gasteiger partial charge < -0.3 is 105 Å². The maximum Gasteiger partial charge on any atom is 0.251 e. The maximum absolute atomic E-state index is 14.9. The molecule has 10 N–H and O–H groups in total. The highest BCUT2D eigenvalue weighted by molar-refractivity contribution is 8.14. The van der Waals surface area contributed by atoms with Crippen molar-refractivity contribution in [1.82, 2.24) is 42.1 Å². The number of aliphatic imine (C=N–C) groups is 1. The summed E-state index contributed by atoms with van der Waals surface area (Å²) in [5, 5.41) is 52.6. The summed E-state index contributed by atoms with van der Waals surface area (Å²) in [5.41, 5.74) is 12.7. The number of nitrogens with one attached hydrogen (secondary N) is 7. The number of anilines is 1. The molecule has 0 saturated carbocycles. The van der Waals surface area contributed by atoms with Crippen LogP contribution in [0.5, 0.6) is 0 Å². The molecule has 0 spiro atoms. The molecule has 3 aromatic carbocycles. The minimum Gasteiger partial charge on any atom is -0.391 e. The summed E-state index contributed by atoms with van der Waals surface area (Å²) >= 11 is 1.06. The Labute approximate surface area is 722 Å². The van der Waals surface area contributed by atoms with Crippen molar-refractivity contribution in [1.29, 1.82) is 0 Å². The molecule has 2 unspecified atom stereocenters. The molecule has 32 nitrogen and oxygen atoms in total. The predicted molar refractivity (Wildman–Crippen MR) is 457 cm³/mol. The molecule has 33 heteroatoms. The number of fused-ring (bicyclic) bond motifs is 14. The second kappa shape index (κ2) is 41.2. The van der Waals surface area contributed by atoms with Crippen LogP contribution in [0, 0.1) is 12.8 Å². The van der Waals surface area contributed by atoms with Crippen LogP contribution in [0.4, 0.5) is 17.1 Å². The van der Waals surface area contributed by atoms with E-state index in [0.717, 1.165) is 60.3 Å². The molecular formula is C90H122N11O21S+. The van der Waals surface area contributed by atoms with Crippen molar-refractivity contribution >= 4 is 92.6 Å². The number of ether oxygens (including phenoxy) is 9. The number of aliphatic hydroxyl groups excluding tert-OH is 2. The highest BCUT2D eigenvalue weighted by Gasteiger charge is 2.55. The number of rotatable bonds is 34. The summed E-state index contributed by atoms with van der Waals surface area (Å²) in [6, 6.07) is 9.80. The van der Waals surface area contributed by atoms with E-state index in [0.29, 0.717) is 120 Å². The molecule has 668 valence electrons. The van der Waals surface area contributed by atoms with E-state index in [1.807, 2.05) is 6.07 Å². The van der Waals surface area contributed by atoms with Crippen LogP contribution in [-0.4, -0.2) is 299 Å². The third kappa shape index (κ3) is 22.1. The number of ketones is 1. The molecule has 8 amide bonds. The molecular weight excluding hydrogens is 1600 g/mol. The zero-order chi connectivity index (χ0) is 87.4. The van der Waals surface area contributed by atoms with Crippen molar-refractivity contribution in [3.8, 4) is 0 Å². The van der Waals surface area contributed by atoms with E-state index in [-0.39, 0.29) is 99.0 Å². The third-order valence-corrected chi connectivity index (χ3v) is 26.0. The summed E-state index contributed by atoms with van der Waals surface area (Å²) in [6.07, 6.45) is 4.17. The van der Waals surface area contributed by atoms with Crippen LogP contribution in [0.1, 0.15) is 152 Å². The first-order chi connectivity index (χ1) is 59.0. The number of aryl methyl sites for hydroxylation is 1. The maximum atomic E-state index is 14.9. The Morgan fingerprint density at radius 2 is 1.30 bits per heavy atom. The van der Waals surface area contributed by atoms with Crippen molar-refractivity contribution in [3.05, 3.63) is 123 Å². The summed E-state index contributed by atoms with van der Waals surface area (Å²) in [5.74, 6) is -7.08. The Morgan fingerprint density at radius 1 is 0.675 bits per heavy atom. The number of hydrogen-bond acceptors (Lipinski definition) is 24. The minimum atomic E-state index is -1.81. The number of thioether (sulfide) groups is 1. The van der Waals surface area contributed by atoms with Gasteiger partial charge in [0.05, 0.1) is 152 Å². The Morgan fingerprint density at radius 3 is 1.97 bits per heavy atom. The van der Waals surface area contributed by atoms with Crippen LogP contribution >= 0.6 is 11.8 Å². The number of allylic oxidation sites excluding steroid dienone is 3. The molecule has 3 aromatic rings. The van der Waals surface area contributed by atoms with E-state index >= 15 is 0 Å². The van der Waals surface area contributed by atoms with Crippen LogP contribution in [0.2, 0.25) is 0 Å². The number of carbonyl (C=O) groups is 9. The highest BCUT2D eigenvalue weighted by atomic mass is 32.2. The monoisotopic (exact) mass is 1720 g/mol. The van der Waals surface area contributed by atoms with Gasteiger partial charge in [0.15, 0.2) is 12.3 Å². The summed E-state index contributed by atoms with van der Waals surface area (Å²) in [6.45, 7) is 24.0. The summed E-state index contributed by atoms with van der Waals surface area (Å²) in [4.78, 5) is 135. The molecule has 13 rings (SSSR count). The first kappa shape index (κ1) is 92.0. The first-order valence-electron chi connectivity index (χ1n) is 43.4. The molecule has 0 radical (unpaired) electrons. The van der Waals surface area contributed by atoms with Gasteiger partial charge in [-0.25, -0.2) is 4.99 Å². The molecule has 2 bridgehead atoms. The molecule has 123 heavy (non-hydrogen) atoms. The van der Waals surface area contributed by atoms with E-state index in [1.165, 1.54) is 72.6 Å². The fourth-order valence-corrected chi connectivity index (χ4v) is 19.5. The number of carbonyl (C=O) groups excluding carboxylic acids is 9. The normalized spacial score (nSPS) is 26.8. The number of hydrogen-bond donors (Lipinski definition) is 10. The Bertz CT molecular complexity index is 4580. The Balaban J connectivity index is 0.459. The fraction of sp³-hybridized carbons (Fsp3) is 0.611. The molecule has 3 fully saturated rings. The second-order valence-corrected chi connectivity index (χ2v) is 35.9. The molecule has 9 heterocycles. The zero-order valence-electron chi connectivity index (χ0n) is 72.0. The smallest absolute Gasteiger partial charge is 0.251 e. The average molecular weight is 1730 g/mol. The van der Waals surface area contributed by atoms with Crippen molar-refractivity contribution < 1.29 is 106 Å². The van der Waals surface area contributed by atoms with Gasteiger partial charge in [-0.3, -0.25) is 43.2 Å². The standard InChI is InChI=1S/C90H121N11O21S/c1-52-14-16-71-65(42-52)88(5,6)77-62-43-58-44-64-74(122-75(58)46-56(62)19-24-99(71)77)20-25-100-72-17-15-57(45-66(72)89(7,8)78(64)100)81(107)91-23-27-115-29-31-117-33-35-119-37-39-121-41-40-120-38-36-118-34-32-116-30-28-114-26-21-59(103)18-22-90(9,113)49-69-83(109)92-54(3)80(106)98-76(55(4)102)85(111)96-70-51-123-86-63(61-12-10-11-13-67(61)97-86)48-68(82(108)95-69)94-79(105)53(2)93-84(110)73-47-60(104)50-101(73)87(70)112/h10-17,42-45,53-56,60,63,68-70,73-76,102,104,113H,18-41,46-51H2,1-9H3,(H6-,91,92,93,94,95,96,98,105,106,107,108,109,110,111)/p+1/t53-,54-,55-,56+,60+,63?,68-,69-,70?,73-,74+,75-,76+,90-/m0/s1. The third-order valence-electron chi connectivity index (χ3n) is 24.8. The number of Topliss-reactive ketones (excluding diaryl/α,β-unsaturated/α-hetero) is 1. The van der Waals surface area contributed by atoms with Crippen LogP contribution in [0.25, 0.3) is 0 Å². The topological polar surface area (TPSA) is 403 Å². The zero-order valence-corrected chi connectivity index (χ0v) is 72.9. The van der Waals surface area contributed by atoms with Gasteiger partial charge >= 0.3 is 0 Å². The molecule has 14 atom stereocenters. The van der Waals surface area contributed by atoms with Gasteiger partial charge in [-0.05, 0) is 133 Å². The van der Waals surface area contributed by atoms with Gasteiger partial charge in [0.1, 0.15) is 48.1 Å². The minimum absolute atomic E-state index is 0.00758. The van der Waals surface area contributed by atoms with Gasteiger partial charge in [0.2, 0.25) is 47.0 Å². The van der Waals surface area contributed by atoms with Crippen molar-refractivity contribution in [3.63, 3.8) is 0 Å². The van der Waals surface area contributed by atoms with E-state index < -0.39 is 114 Å². The first-order valence-corrected chi connectivity index (χ1v) is 44.4. The SMILES string of the molecule is Cc1ccc2c(c1)C(C)(C)C1=C3C=C4C=C5C6=[N+](CC[C@H]5O[C@H]4C[C@H]3CCN12)c1ccc(C(=O)NCCOCCOCCOCCOCCOCCOCCOCCOCCC(=O)CC[C@](C)(O)C[C@@H]2NC(=O)[C@@H]3CC4C(=Nc5ccccc54)SCC(NC(=O)[C@@H]([C@H](C)O)NC(=O)[C@H](C)NC2=O)C(=O)N2C[C@H](O)C[C@H]2C(=O)N[C@@H](C)C(=O)N3)cc1C6(C)C. The van der Waals surface area contributed by atoms with Gasteiger partial charge in [-0.2, -0.15) is 4.58 Å². The van der Waals surface area contributed by atoms with E-state index in [4.69, 9.17) is 47.6 Å². The van der Waals surface area contributed by atoms with Crippen molar-refractivity contribution in [2.45, 2.75) is 209 Å². The van der Waals surface area contributed by atoms with Crippen LogP contribution in [-0.2, 0) is 91.8 Å². The fourth-order valence-electron chi connectivity index (χ4n) is 18.3. The molecule has 10 aliphatic rings. The van der Waals surface area contributed by atoms with E-state index in [2.05, 4.69) is 124 Å². The van der Waals surface area contributed by atoms with Crippen LogP contribution in [0.3, 0.4) is 0 Å². The van der Waals surface area contributed by atoms with Crippen molar-refractivity contribution in [2.24, 2.45) is 10.9 Å². The lowest BCUT2D eigenvalue weighted by molar-refractivity contribution is -0.445. The number of benzene rings is 3. The number of amides is 8. The van der Waals surface area contributed by atoms with Gasteiger partial charge in [0.25, 0.3) is 5.91 Å². The number of aliphatic hydroxyl groups is 3. The van der Waals surface area contributed by atoms with Gasteiger partial charge in [-0.15, -0.1) is 11.8 Å². The Hall–Kier alpha value is -8.68. The quantitative estimate of drug-likeness (QED) is 0.0299. The molecule has 9 aliphatic heterocycles. The van der Waals surface area contributed by atoms with E-state index in [1.54, 1.807) is 24.3 Å². The van der Waals surface area contributed by atoms with Crippen LogP contribution in [0.15, 0.2) is 100 Å². The Kier molecular flexibility index (Phi) is 30.8. The number of para-hydroxylation sites is 1. The lowest BCUT2D eigenvalue weighted by Gasteiger charge is -2.44. The lowest BCUT2D eigenvalue weighted by atomic mass is 9.71. The molecule has 1 aliphatic carbocycles. The van der Waals surface area contributed by atoms with E-state index in [9.17, 15) is 58.5 Å². The molecule has 3 saturated heterocycles. The second-order valence-electron chi connectivity index (χ2n) is 34.8. The van der Waals surface area contributed by atoms with Gasteiger partial charge in [-0.1, -0.05) is 55.8 Å². The lowest BCUT2D eigenvalue weighted by Crippen LogP contribution is -2.61. The predicted octanol–water partition coefficient (Wildman–Crippen LogP) is 3.88. The number of nitrogens with zero attached hydrogens (tertiary/aromatic N) is 4.